The average Bonchev–Trinajstić information content (AvgIpc) is 2.77. The maximum Gasteiger partial charge on any atom is 0.160 e. The molecule has 0 fully saturated rings. The van der Waals surface area contributed by atoms with Crippen LogP contribution in [0.3, 0.4) is 0 Å². The number of anilines is 1. The molecule has 0 atom stereocenters. The minimum Gasteiger partial charge on any atom is -0.383 e. The molecule has 0 spiro atoms. The van der Waals surface area contributed by atoms with Crippen LogP contribution in [0.4, 0.5) is 5.82 Å². The topological polar surface area (TPSA) is 56.0 Å². The summed E-state index contributed by atoms with van der Waals surface area (Å²) >= 11 is 1.43. The number of hydrogen-bond acceptors (Lipinski definition) is 4. The monoisotopic (exact) mass is 230 g/mol. The van der Waals surface area contributed by atoms with E-state index in [4.69, 9.17) is 5.73 Å². The predicted octanol–water partition coefficient (Wildman–Crippen LogP) is 2.85. The lowest BCUT2D eigenvalue weighted by molar-refractivity contribution is 0.112. The third-order valence-electron chi connectivity index (χ3n) is 2.23. The lowest BCUT2D eigenvalue weighted by atomic mass is 10.1. The fourth-order valence-electron chi connectivity index (χ4n) is 1.48. The van der Waals surface area contributed by atoms with Crippen LogP contribution in [0.1, 0.15) is 15.2 Å². The molecule has 80 valence electrons. The molecule has 0 aliphatic heterocycles. The number of carbonyl (C=O) groups is 1. The van der Waals surface area contributed by atoms with Gasteiger partial charge in [-0.1, -0.05) is 12.7 Å². The minimum atomic E-state index is 0.452. The molecule has 0 aromatic carbocycles. The van der Waals surface area contributed by atoms with Crippen LogP contribution in [0, 0.1) is 0 Å². The zero-order valence-corrected chi connectivity index (χ0v) is 9.33. The summed E-state index contributed by atoms with van der Waals surface area (Å²) < 4.78 is 0. The van der Waals surface area contributed by atoms with Gasteiger partial charge in [0, 0.05) is 22.2 Å². The second-order valence-corrected chi connectivity index (χ2v) is 4.30. The van der Waals surface area contributed by atoms with Crippen molar-refractivity contribution in [2.75, 3.05) is 5.73 Å². The summed E-state index contributed by atoms with van der Waals surface area (Å²) in [4.78, 5) is 16.3. The molecule has 0 bridgehead atoms. The fourth-order valence-corrected chi connectivity index (χ4v) is 2.34. The Bertz CT molecular complexity index is 546. The number of carbonyl (C=O) groups excluding carboxylic acids is 1. The second-order valence-electron chi connectivity index (χ2n) is 3.18. The van der Waals surface area contributed by atoms with Gasteiger partial charge in [0.25, 0.3) is 0 Å². The third-order valence-corrected chi connectivity index (χ3v) is 3.28. The lowest BCUT2D eigenvalue weighted by Crippen LogP contribution is -1.94. The zero-order chi connectivity index (χ0) is 11.5. The van der Waals surface area contributed by atoms with Crippen molar-refractivity contribution in [2.24, 2.45) is 0 Å². The molecular weight excluding hydrogens is 220 g/mol. The Hall–Kier alpha value is -1.94. The van der Waals surface area contributed by atoms with Gasteiger partial charge in [0.05, 0.1) is 4.88 Å². The number of aromatic nitrogens is 1. The number of pyridine rings is 1. The highest BCUT2D eigenvalue weighted by molar-refractivity contribution is 7.17. The van der Waals surface area contributed by atoms with Crippen LogP contribution in [0.2, 0.25) is 0 Å². The first-order chi connectivity index (χ1) is 7.76. The molecule has 0 radical (unpaired) electrons. The van der Waals surface area contributed by atoms with E-state index in [0.29, 0.717) is 10.7 Å². The molecule has 2 aromatic rings. The molecule has 0 unspecified atom stereocenters. The number of nitrogens with zero attached hydrogens (tertiary/aromatic N) is 1. The summed E-state index contributed by atoms with van der Waals surface area (Å²) in [6.07, 6.45) is 4.17. The maximum atomic E-state index is 10.6. The summed E-state index contributed by atoms with van der Waals surface area (Å²) in [5.74, 6) is 0.452. The molecule has 2 N–H and O–H groups in total. The van der Waals surface area contributed by atoms with Gasteiger partial charge in [0.15, 0.2) is 6.29 Å². The van der Waals surface area contributed by atoms with Crippen LogP contribution in [0.15, 0.2) is 31.0 Å². The summed E-state index contributed by atoms with van der Waals surface area (Å²) in [7, 11) is 0. The normalized spacial score (nSPS) is 10.0. The SMILES string of the molecule is C=Cc1c(-c2ccc(C=O)s2)ccnc1N. The van der Waals surface area contributed by atoms with Gasteiger partial charge < -0.3 is 5.73 Å². The molecule has 0 aliphatic carbocycles. The summed E-state index contributed by atoms with van der Waals surface area (Å²) in [6.45, 7) is 3.72. The third kappa shape index (κ3) is 1.75. The maximum absolute atomic E-state index is 10.6. The van der Waals surface area contributed by atoms with E-state index >= 15 is 0 Å². The molecule has 2 rings (SSSR count). The fraction of sp³-hybridized carbons (Fsp3) is 0. The first kappa shape index (κ1) is 10.6. The molecule has 0 aliphatic rings. The van der Waals surface area contributed by atoms with E-state index in [1.807, 2.05) is 12.1 Å². The number of aldehydes is 1. The molecule has 0 saturated carbocycles. The van der Waals surface area contributed by atoms with E-state index in [1.54, 1.807) is 18.3 Å². The number of nitrogens with two attached hydrogens (primary N) is 1. The molecule has 2 heterocycles. The van der Waals surface area contributed by atoms with Gasteiger partial charge in [-0.2, -0.15) is 0 Å². The number of hydrogen-bond donors (Lipinski definition) is 1. The summed E-state index contributed by atoms with van der Waals surface area (Å²) in [5.41, 5.74) is 7.53. The van der Waals surface area contributed by atoms with E-state index in [0.717, 1.165) is 22.3 Å². The largest absolute Gasteiger partial charge is 0.383 e. The first-order valence-electron chi connectivity index (χ1n) is 4.68. The molecule has 16 heavy (non-hydrogen) atoms. The zero-order valence-electron chi connectivity index (χ0n) is 8.51. The van der Waals surface area contributed by atoms with Crippen LogP contribution in [0.25, 0.3) is 16.5 Å². The number of thiophene rings is 1. The van der Waals surface area contributed by atoms with Gasteiger partial charge in [-0.3, -0.25) is 4.79 Å². The highest BCUT2D eigenvalue weighted by Gasteiger charge is 2.08. The minimum absolute atomic E-state index is 0.452. The Morgan fingerprint density at radius 1 is 1.38 bits per heavy atom. The van der Waals surface area contributed by atoms with E-state index in [2.05, 4.69) is 11.6 Å². The van der Waals surface area contributed by atoms with Crippen LogP contribution in [-0.2, 0) is 0 Å². The average molecular weight is 230 g/mol. The molecular formula is C12H10N2OS. The van der Waals surface area contributed by atoms with Gasteiger partial charge in [0.1, 0.15) is 5.82 Å². The van der Waals surface area contributed by atoms with Crippen molar-refractivity contribution < 1.29 is 4.79 Å². The van der Waals surface area contributed by atoms with Crippen molar-refractivity contribution in [3.63, 3.8) is 0 Å². The van der Waals surface area contributed by atoms with Crippen molar-refractivity contribution in [1.82, 2.24) is 4.98 Å². The van der Waals surface area contributed by atoms with Crippen molar-refractivity contribution in [2.45, 2.75) is 0 Å². The van der Waals surface area contributed by atoms with Crippen LogP contribution in [-0.4, -0.2) is 11.3 Å². The summed E-state index contributed by atoms with van der Waals surface area (Å²) in [5, 5.41) is 0. The van der Waals surface area contributed by atoms with Crippen LogP contribution in [0.5, 0.6) is 0 Å². The van der Waals surface area contributed by atoms with E-state index in [1.165, 1.54) is 11.3 Å². The smallest absolute Gasteiger partial charge is 0.160 e. The van der Waals surface area contributed by atoms with E-state index < -0.39 is 0 Å². The van der Waals surface area contributed by atoms with Gasteiger partial charge in [0.2, 0.25) is 0 Å². The van der Waals surface area contributed by atoms with Crippen molar-refractivity contribution in [3.05, 3.63) is 41.4 Å². The Kier molecular flexibility index (Phi) is 2.83. The van der Waals surface area contributed by atoms with Crippen LogP contribution >= 0.6 is 11.3 Å². The molecule has 0 amide bonds. The number of rotatable bonds is 3. The lowest BCUT2D eigenvalue weighted by Gasteiger charge is -2.05. The van der Waals surface area contributed by atoms with E-state index in [-0.39, 0.29) is 0 Å². The van der Waals surface area contributed by atoms with Gasteiger partial charge in [-0.15, -0.1) is 11.3 Å². The highest BCUT2D eigenvalue weighted by atomic mass is 32.1. The standard InChI is InChI=1S/C12H10N2OS/c1-2-9-10(5-6-14-12(9)13)11-4-3-8(7-15)16-11/h2-7H,1H2,(H2,13,14). The number of nitrogen functional groups attached to an aromatic ring is 1. The molecule has 4 heteroatoms. The predicted molar refractivity (Wildman–Crippen MR) is 67.4 cm³/mol. The van der Waals surface area contributed by atoms with Crippen molar-refractivity contribution in [1.29, 1.82) is 0 Å². The van der Waals surface area contributed by atoms with E-state index in [9.17, 15) is 4.79 Å². The van der Waals surface area contributed by atoms with Crippen LogP contribution < -0.4 is 5.73 Å². The van der Waals surface area contributed by atoms with Crippen molar-refractivity contribution >= 4 is 29.5 Å². The summed E-state index contributed by atoms with van der Waals surface area (Å²) in [6, 6.07) is 5.56. The van der Waals surface area contributed by atoms with Crippen molar-refractivity contribution in [3.8, 4) is 10.4 Å². The quantitative estimate of drug-likeness (QED) is 0.825. The second kappa shape index (κ2) is 4.28. The molecule has 0 saturated heterocycles. The Morgan fingerprint density at radius 3 is 2.81 bits per heavy atom. The van der Waals surface area contributed by atoms with Gasteiger partial charge in [-0.05, 0) is 18.2 Å². The molecule has 3 nitrogen and oxygen atoms in total. The molecule has 2 aromatic heterocycles. The first-order valence-corrected chi connectivity index (χ1v) is 5.50. The Balaban J connectivity index is 2.59. The van der Waals surface area contributed by atoms with Gasteiger partial charge in [-0.25, -0.2) is 4.98 Å². The highest BCUT2D eigenvalue weighted by Crippen LogP contribution is 2.32. The Labute approximate surface area is 97.3 Å². The van der Waals surface area contributed by atoms with Gasteiger partial charge >= 0.3 is 0 Å². The Morgan fingerprint density at radius 2 is 2.19 bits per heavy atom.